The van der Waals surface area contributed by atoms with Crippen LogP contribution in [-0.2, 0) is 11.2 Å². The third kappa shape index (κ3) is 2.05. The Hall–Kier alpha value is -1.28. The van der Waals surface area contributed by atoms with Crippen LogP contribution in [0.25, 0.3) is 0 Å². The number of para-hydroxylation sites is 1. The van der Waals surface area contributed by atoms with Crippen molar-refractivity contribution in [2.24, 2.45) is 0 Å². The molecule has 0 spiro atoms. The van der Waals surface area contributed by atoms with Crippen LogP contribution < -0.4 is 4.90 Å². The van der Waals surface area contributed by atoms with Gasteiger partial charge in [0.2, 0.25) is 5.91 Å². The van der Waals surface area contributed by atoms with Crippen LogP contribution in [0.3, 0.4) is 0 Å². The first-order chi connectivity index (χ1) is 7.33. The monoisotopic (exact) mass is 221 g/mol. The molecule has 0 unspecified atom stereocenters. The second-order valence-corrected chi connectivity index (χ2v) is 3.74. The minimum atomic E-state index is 0.162. The molecule has 1 aliphatic rings. The molecule has 0 aromatic heterocycles. The molecule has 3 heteroatoms. The summed E-state index contributed by atoms with van der Waals surface area (Å²) >= 11 is 5.53. The average Bonchev–Trinajstić information content (AvgIpc) is 2.56. The maximum atomic E-state index is 11.7. The molecule has 1 aromatic rings. The van der Waals surface area contributed by atoms with Gasteiger partial charge in [-0.1, -0.05) is 30.4 Å². The Morgan fingerprint density at radius 3 is 2.93 bits per heavy atom. The highest BCUT2D eigenvalue weighted by Crippen LogP contribution is 2.27. The van der Waals surface area contributed by atoms with Crippen LogP contribution in [0.15, 0.2) is 36.4 Å². The Labute approximate surface area is 94.2 Å². The van der Waals surface area contributed by atoms with Gasteiger partial charge in [-0.15, -0.1) is 11.6 Å². The molecule has 0 saturated carbocycles. The second-order valence-electron chi connectivity index (χ2n) is 3.44. The second kappa shape index (κ2) is 4.49. The van der Waals surface area contributed by atoms with Crippen LogP contribution in [0, 0.1) is 0 Å². The Kier molecular flexibility index (Phi) is 3.07. The fraction of sp³-hybridized carbons (Fsp3) is 0.250. The van der Waals surface area contributed by atoms with Gasteiger partial charge in [0.15, 0.2) is 0 Å². The lowest BCUT2D eigenvalue weighted by molar-refractivity contribution is -0.117. The summed E-state index contributed by atoms with van der Waals surface area (Å²) in [6.07, 6.45) is 4.30. The van der Waals surface area contributed by atoms with Crippen molar-refractivity contribution < 1.29 is 4.79 Å². The van der Waals surface area contributed by atoms with Gasteiger partial charge in [-0.25, -0.2) is 0 Å². The number of alkyl halides is 1. The summed E-state index contributed by atoms with van der Waals surface area (Å²) in [5.74, 6) is 0.652. The summed E-state index contributed by atoms with van der Waals surface area (Å²) in [5, 5.41) is 0. The molecule has 1 amide bonds. The lowest BCUT2D eigenvalue weighted by Crippen LogP contribution is -2.26. The van der Waals surface area contributed by atoms with Gasteiger partial charge in [-0.2, -0.15) is 0 Å². The predicted octanol–water partition coefficient (Wildman–Crippen LogP) is 2.37. The van der Waals surface area contributed by atoms with Crippen molar-refractivity contribution in [1.82, 2.24) is 0 Å². The van der Waals surface area contributed by atoms with Gasteiger partial charge < -0.3 is 4.90 Å². The van der Waals surface area contributed by atoms with E-state index in [2.05, 4.69) is 0 Å². The third-order valence-electron chi connectivity index (χ3n) is 2.47. The van der Waals surface area contributed by atoms with E-state index in [9.17, 15) is 4.79 Å². The highest BCUT2D eigenvalue weighted by atomic mass is 35.5. The summed E-state index contributed by atoms with van der Waals surface area (Å²) < 4.78 is 0. The molecular formula is C12H12ClNO. The molecule has 0 atom stereocenters. The van der Waals surface area contributed by atoms with Gasteiger partial charge in [0.05, 0.1) is 6.42 Å². The van der Waals surface area contributed by atoms with Crippen molar-refractivity contribution in [2.45, 2.75) is 6.42 Å². The minimum Gasteiger partial charge on any atom is -0.308 e. The molecule has 2 rings (SSSR count). The Bertz CT molecular complexity index is 400. The zero-order valence-corrected chi connectivity index (χ0v) is 9.07. The molecule has 0 bridgehead atoms. The number of nitrogens with zero attached hydrogens (tertiary/aromatic N) is 1. The predicted molar refractivity (Wildman–Crippen MR) is 62.4 cm³/mol. The van der Waals surface area contributed by atoms with E-state index >= 15 is 0 Å². The number of allylic oxidation sites excluding steroid dienone is 1. The first-order valence-electron chi connectivity index (χ1n) is 4.92. The minimum absolute atomic E-state index is 0.162. The summed E-state index contributed by atoms with van der Waals surface area (Å²) in [6, 6.07) is 7.90. The van der Waals surface area contributed by atoms with Crippen LogP contribution in [0.4, 0.5) is 5.69 Å². The van der Waals surface area contributed by atoms with Gasteiger partial charge >= 0.3 is 0 Å². The van der Waals surface area contributed by atoms with Crippen LogP contribution in [0.1, 0.15) is 5.56 Å². The topological polar surface area (TPSA) is 20.3 Å². The summed E-state index contributed by atoms with van der Waals surface area (Å²) in [7, 11) is 0. The molecular weight excluding hydrogens is 210 g/mol. The van der Waals surface area contributed by atoms with Crippen molar-refractivity contribution in [1.29, 1.82) is 0 Å². The number of hydrogen-bond donors (Lipinski definition) is 0. The average molecular weight is 222 g/mol. The van der Waals surface area contributed by atoms with Crippen molar-refractivity contribution in [2.75, 3.05) is 17.3 Å². The lowest BCUT2D eigenvalue weighted by Gasteiger charge is -2.14. The Morgan fingerprint density at radius 2 is 2.13 bits per heavy atom. The van der Waals surface area contributed by atoms with Gasteiger partial charge in [-0.05, 0) is 11.6 Å². The molecule has 2 nitrogen and oxygen atoms in total. The summed E-state index contributed by atoms with van der Waals surface area (Å²) in [6.45, 7) is 0.614. The number of fused-ring (bicyclic) bond motifs is 1. The number of amides is 1. The van der Waals surface area contributed by atoms with Crippen molar-refractivity contribution >= 4 is 23.2 Å². The van der Waals surface area contributed by atoms with E-state index in [1.807, 2.05) is 36.4 Å². The van der Waals surface area contributed by atoms with E-state index in [0.29, 0.717) is 18.8 Å². The van der Waals surface area contributed by atoms with Crippen molar-refractivity contribution in [3.63, 3.8) is 0 Å². The fourth-order valence-electron chi connectivity index (χ4n) is 1.76. The number of anilines is 1. The van der Waals surface area contributed by atoms with Gasteiger partial charge in [0.1, 0.15) is 0 Å². The first-order valence-corrected chi connectivity index (χ1v) is 5.45. The lowest BCUT2D eigenvalue weighted by atomic mass is 10.2. The molecule has 0 aliphatic carbocycles. The molecule has 1 heterocycles. The quantitative estimate of drug-likeness (QED) is 0.567. The molecule has 0 fully saturated rings. The maximum absolute atomic E-state index is 11.7. The van der Waals surface area contributed by atoms with Gasteiger partial charge in [0, 0.05) is 18.1 Å². The van der Waals surface area contributed by atoms with Crippen LogP contribution in [0.5, 0.6) is 0 Å². The number of carbonyl (C=O) groups is 1. The highest BCUT2D eigenvalue weighted by Gasteiger charge is 2.25. The molecule has 15 heavy (non-hydrogen) atoms. The van der Waals surface area contributed by atoms with E-state index < -0.39 is 0 Å². The SMILES string of the molecule is O=C1Cc2ccccc2N1C/C=C/CCl. The molecule has 0 radical (unpaired) electrons. The van der Waals surface area contributed by atoms with Gasteiger partial charge in [0.25, 0.3) is 0 Å². The third-order valence-corrected chi connectivity index (χ3v) is 2.65. The van der Waals surface area contributed by atoms with Crippen molar-refractivity contribution in [3.8, 4) is 0 Å². The number of halogens is 1. The number of carbonyl (C=O) groups excluding carboxylic acids is 1. The zero-order chi connectivity index (χ0) is 10.7. The summed E-state index contributed by atoms with van der Waals surface area (Å²) in [5.41, 5.74) is 2.14. The van der Waals surface area contributed by atoms with Crippen LogP contribution in [0.2, 0.25) is 0 Å². The van der Waals surface area contributed by atoms with E-state index in [-0.39, 0.29) is 5.91 Å². The van der Waals surface area contributed by atoms with E-state index in [0.717, 1.165) is 11.3 Å². The molecule has 78 valence electrons. The van der Waals surface area contributed by atoms with E-state index in [1.54, 1.807) is 4.90 Å². The molecule has 1 aromatic carbocycles. The molecule has 0 saturated heterocycles. The smallest absolute Gasteiger partial charge is 0.231 e. The Balaban J connectivity index is 2.18. The van der Waals surface area contributed by atoms with Crippen LogP contribution in [-0.4, -0.2) is 18.3 Å². The molecule has 0 N–H and O–H groups in total. The van der Waals surface area contributed by atoms with Gasteiger partial charge in [-0.3, -0.25) is 4.79 Å². The normalized spacial score (nSPS) is 15.0. The highest BCUT2D eigenvalue weighted by molar-refractivity contribution is 6.18. The number of benzene rings is 1. The fourth-order valence-corrected chi connectivity index (χ4v) is 1.89. The largest absolute Gasteiger partial charge is 0.308 e. The maximum Gasteiger partial charge on any atom is 0.231 e. The first kappa shape index (κ1) is 10.2. The van der Waals surface area contributed by atoms with Crippen molar-refractivity contribution in [3.05, 3.63) is 42.0 Å². The van der Waals surface area contributed by atoms with E-state index in [1.165, 1.54) is 0 Å². The Morgan fingerprint density at radius 1 is 1.33 bits per heavy atom. The number of hydrogen-bond acceptors (Lipinski definition) is 1. The van der Waals surface area contributed by atoms with Crippen LogP contribution >= 0.6 is 11.6 Å². The zero-order valence-electron chi connectivity index (χ0n) is 8.32. The standard InChI is InChI=1S/C12H12ClNO/c13-7-3-4-8-14-11-6-2-1-5-10(11)9-12(14)15/h1-6H,7-9H2/b4-3+. The summed E-state index contributed by atoms with van der Waals surface area (Å²) in [4.78, 5) is 13.5. The number of rotatable bonds is 3. The molecule has 1 aliphatic heterocycles. The van der Waals surface area contributed by atoms with E-state index in [4.69, 9.17) is 11.6 Å².